The minimum atomic E-state index is -0.333. The molecule has 6 aromatic carbocycles. The minimum absolute atomic E-state index is 0.0596. The van der Waals surface area contributed by atoms with Crippen molar-refractivity contribution in [2.24, 2.45) is 0 Å². The lowest BCUT2D eigenvalue weighted by Crippen LogP contribution is -2.33. The highest BCUT2D eigenvalue weighted by molar-refractivity contribution is 6.00. The predicted molar refractivity (Wildman–Crippen MR) is 249 cm³/mol. The first-order valence-electron chi connectivity index (χ1n) is 21.1. The van der Waals surface area contributed by atoms with Crippen LogP contribution in [0.1, 0.15) is 105 Å². The monoisotopic (exact) mass is 800 g/mol. The molecule has 8 rings (SSSR count). The van der Waals surface area contributed by atoms with Gasteiger partial charge in [0.2, 0.25) is 0 Å². The first-order chi connectivity index (χ1) is 28.1. The number of nitrogens with zero attached hydrogens (tertiary/aromatic N) is 4. The van der Waals surface area contributed by atoms with Gasteiger partial charge in [0.05, 0.1) is 22.7 Å². The summed E-state index contributed by atoms with van der Waals surface area (Å²) in [4.78, 5) is 8.83. The van der Waals surface area contributed by atoms with Gasteiger partial charge in [-0.15, -0.1) is 0 Å². The van der Waals surface area contributed by atoms with E-state index in [9.17, 15) is 0 Å². The molecule has 2 heterocycles. The van der Waals surface area contributed by atoms with Crippen molar-refractivity contribution >= 4 is 45.5 Å². The smallest absolute Gasteiger partial charge is 0.166 e. The van der Waals surface area contributed by atoms with Crippen molar-refractivity contribution in [1.29, 1.82) is 0 Å². The highest BCUT2D eigenvalue weighted by Gasteiger charge is 2.45. The van der Waals surface area contributed by atoms with Crippen LogP contribution in [-0.2, 0) is 21.7 Å². The van der Waals surface area contributed by atoms with E-state index in [2.05, 4.69) is 200 Å². The summed E-state index contributed by atoms with van der Waals surface area (Å²) in [5, 5.41) is 0. The molecule has 4 nitrogen and oxygen atoms in total. The van der Waals surface area contributed by atoms with Crippen molar-refractivity contribution in [3.63, 3.8) is 0 Å². The highest BCUT2D eigenvalue weighted by atomic mass is 19.1. The Bertz CT molecular complexity index is 2400. The lowest BCUT2D eigenvalue weighted by molar-refractivity contribution is 0.590. The Morgan fingerprint density at radius 1 is 0.283 bits per heavy atom. The molecule has 0 aliphatic carbocycles. The number of halogens is 2. The third-order valence-corrected chi connectivity index (χ3v) is 11.9. The molecule has 0 fully saturated rings. The van der Waals surface area contributed by atoms with Crippen LogP contribution in [0.15, 0.2) is 145 Å². The molecule has 0 bridgehead atoms. The highest BCUT2D eigenvalue weighted by Crippen LogP contribution is 2.57. The average molecular weight is 801 g/mol. The summed E-state index contributed by atoms with van der Waals surface area (Å²) < 4.78 is 31.6. The van der Waals surface area contributed by atoms with Gasteiger partial charge in [-0.1, -0.05) is 132 Å². The van der Waals surface area contributed by atoms with Crippen molar-refractivity contribution in [3.8, 4) is 0 Å². The number of rotatable bonds is 4. The Kier molecular flexibility index (Phi) is 9.81. The molecule has 60 heavy (non-hydrogen) atoms. The summed E-state index contributed by atoms with van der Waals surface area (Å²) in [6.45, 7) is 26.5. The van der Waals surface area contributed by atoms with Crippen molar-refractivity contribution < 1.29 is 8.78 Å². The molecule has 0 saturated carbocycles. The molecule has 0 amide bonds. The van der Waals surface area contributed by atoms with Gasteiger partial charge in [0.25, 0.3) is 0 Å². The Morgan fingerprint density at radius 3 is 0.717 bits per heavy atom. The summed E-state index contributed by atoms with van der Waals surface area (Å²) in [5.41, 5.74) is 11.2. The van der Waals surface area contributed by atoms with E-state index in [-0.39, 0.29) is 33.3 Å². The molecule has 0 unspecified atom stereocenters. The largest absolute Gasteiger partial charge is 0.291 e. The Balaban J connectivity index is 1.51. The molecule has 6 heteroatoms. The lowest BCUT2D eigenvalue weighted by Gasteiger charge is -2.35. The van der Waals surface area contributed by atoms with Crippen molar-refractivity contribution in [2.75, 3.05) is 19.6 Å². The molecule has 2 aliphatic rings. The molecule has 0 N–H and O–H groups in total. The fourth-order valence-electron chi connectivity index (χ4n) is 8.27. The second-order valence-corrected chi connectivity index (χ2v) is 20.4. The zero-order chi connectivity index (χ0) is 43.1. The van der Waals surface area contributed by atoms with Gasteiger partial charge in [0.15, 0.2) is 11.6 Å². The van der Waals surface area contributed by atoms with E-state index in [1.807, 2.05) is 12.1 Å². The maximum atomic E-state index is 15.8. The fourth-order valence-corrected chi connectivity index (χ4v) is 8.27. The van der Waals surface area contributed by atoms with Crippen molar-refractivity contribution in [2.45, 2.75) is 105 Å². The summed E-state index contributed by atoms with van der Waals surface area (Å²) in [5.74, 6) is 0.888. The van der Waals surface area contributed by atoms with E-state index >= 15 is 8.78 Å². The topological polar surface area (TPSA) is 13.0 Å². The number of anilines is 8. The van der Waals surface area contributed by atoms with Gasteiger partial charge < -0.3 is 0 Å². The molecule has 0 radical (unpaired) electrons. The molecule has 0 saturated heterocycles. The van der Waals surface area contributed by atoms with Gasteiger partial charge in [-0.3, -0.25) is 19.6 Å². The van der Waals surface area contributed by atoms with Crippen molar-refractivity contribution in [1.82, 2.24) is 0 Å². The molecular formula is C54H58F2N4. The van der Waals surface area contributed by atoms with Gasteiger partial charge in [-0.2, -0.15) is 0 Å². The van der Waals surface area contributed by atoms with E-state index in [1.165, 1.54) is 34.4 Å². The van der Waals surface area contributed by atoms with Crippen LogP contribution in [0.4, 0.5) is 54.3 Å². The van der Waals surface area contributed by atoms with Crippen LogP contribution < -0.4 is 19.6 Å². The molecule has 308 valence electrons. The van der Waals surface area contributed by atoms with E-state index in [0.29, 0.717) is 11.4 Å². The molecule has 0 atom stereocenters. The van der Waals surface area contributed by atoms with Crippen LogP contribution in [0.3, 0.4) is 0 Å². The second-order valence-electron chi connectivity index (χ2n) is 20.4. The summed E-state index contributed by atoms with van der Waals surface area (Å²) in [6, 6.07) is 44.7. The quantitative estimate of drug-likeness (QED) is 0.176. The van der Waals surface area contributed by atoms with E-state index < -0.39 is 0 Å². The van der Waals surface area contributed by atoms with Gasteiger partial charge in [0, 0.05) is 34.9 Å². The third kappa shape index (κ3) is 7.35. The number of hydrogen-bond acceptors (Lipinski definition) is 4. The van der Waals surface area contributed by atoms with E-state index in [1.54, 1.807) is 12.1 Å². The standard InChI is InChI=1S/C54H58F2N4/c1-51(2,3)35-13-23-41(24-14-35)57-45-31-21-39(55)33-47(45)59(43-27-17-37(18-28-43)53(7,8)9)49(57)50-58(42-25-15-36(16-26-42)52(4,5)6)46-32-22-40(56)34-48(46)60(50)44-29-19-38(20-30-44)54(10,11)12/h13-34H,1-12H3/b50-49+. The van der Waals surface area contributed by atoms with Crippen LogP contribution in [0, 0.1) is 11.6 Å². The average Bonchev–Trinajstić information content (AvgIpc) is 3.68. The molecule has 0 spiro atoms. The van der Waals surface area contributed by atoms with Gasteiger partial charge in [-0.05, 0) is 117 Å². The number of hydrogen-bond donors (Lipinski definition) is 0. The van der Waals surface area contributed by atoms with Crippen LogP contribution >= 0.6 is 0 Å². The summed E-state index contributed by atoms with van der Waals surface area (Å²) >= 11 is 0. The second kappa shape index (κ2) is 14.4. The first kappa shape index (κ1) is 40.9. The maximum Gasteiger partial charge on any atom is 0.166 e. The SMILES string of the molecule is CC(C)(C)c1ccc(N2/C(=C3/N(c4ccc(C(C)(C)C)cc4)c4ccc(F)cc4N3c3ccc(C(C)(C)C)cc3)N(c3ccc(C(C)(C)C)cc3)c3cc(F)ccc32)cc1. The van der Waals surface area contributed by atoms with E-state index in [0.717, 1.165) is 45.8 Å². The number of fused-ring (bicyclic) bond motifs is 2. The van der Waals surface area contributed by atoms with E-state index in [4.69, 9.17) is 0 Å². The Labute approximate surface area is 356 Å². The molecule has 6 aromatic rings. The first-order valence-corrected chi connectivity index (χ1v) is 21.1. The molecule has 2 aliphatic heterocycles. The normalized spacial score (nSPS) is 15.8. The summed E-state index contributed by atoms with van der Waals surface area (Å²) in [6.07, 6.45) is 0. The Hall–Kier alpha value is -5.88. The zero-order valence-corrected chi connectivity index (χ0v) is 37.2. The third-order valence-electron chi connectivity index (χ3n) is 11.9. The zero-order valence-electron chi connectivity index (χ0n) is 37.2. The fraction of sp³-hybridized carbons (Fsp3) is 0.296. The van der Waals surface area contributed by atoms with Crippen molar-refractivity contribution in [3.05, 3.63) is 179 Å². The van der Waals surface area contributed by atoms with Gasteiger partial charge >= 0.3 is 0 Å². The minimum Gasteiger partial charge on any atom is -0.291 e. The van der Waals surface area contributed by atoms with Crippen LogP contribution in [-0.4, -0.2) is 0 Å². The molecule has 0 aromatic heterocycles. The number of benzene rings is 6. The predicted octanol–water partition coefficient (Wildman–Crippen LogP) is 15.6. The van der Waals surface area contributed by atoms with Crippen LogP contribution in [0.2, 0.25) is 0 Å². The molecular weight excluding hydrogens is 743 g/mol. The lowest BCUT2D eigenvalue weighted by atomic mass is 9.87. The van der Waals surface area contributed by atoms with Crippen LogP contribution in [0.25, 0.3) is 0 Å². The van der Waals surface area contributed by atoms with Crippen LogP contribution in [0.5, 0.6) is 0 Å². The van der Waals surface area contributed by atoms with Gasteiger partial charge in [0.1, 0.15) is 11.6 Å². The Morgan fingerprint density at radius 2 is 0.500 bits per heavy atom. The van der Waals surface area contributed by atoms with Gasteiger partial charge in [-0.25, -0.2) is 8.78 Å². The maximum absolute atomic E-state index is 15.8. The summed E-state index contributed by atoms with van der Waals surface area (Å²) in [7, 11) is 0.